The summed E-state index contributed by atoms with van der Waals surface area (Å²) in [6.07, 6.45) is 7.02. The van der Waals surface area contributed by atoms with E-state index >= 15 is 0 Å². The van der Waals surface area contributed by atoms with Crippen LogP contribution >= 0.6 is 0 Å². The molecule has 1 heteroatoms. The molecule has 0 aliphatic carbocycles. The predicted octanol–water partition coefficient (Wildman–Crippen LogP) is 5.17. The second-order valence-electron chi connectivity index (χ2n) is 5.55. The van der Waals surface area contributed by atoms with Crippen LogP contribution in [-0.4, -0.2) is 0 Å². The monoisotopic (exact) mass is 277 g/mol. The minimum atomic E-state index is 0.466. The van der Waals surface area contributed by atoms with E-state index in [1.54, 1.807) is 0 Å². The first-order chi connectivity index (χ1) is 10.1. The Bertz CT molecular complexity index is 653. The van der Waals surface area contributed by atoms with Crippen molar-refractivity contribution in [1.29, 1.82) is 0 Å². The first kappa shape index (κ1) is 15.1. The van der Waals surface area contributed by atoms with Crippen molar-refractivity contribution in [1.82, 2.24) is 0 Å². The lowest BCUT2D eigenvalue weighted by molar-refractivity contribution is 0.724. The molecule has 0 saturated carbocycles. The molecule has 0 saturated heterocycles. The van der Waals surface area contributed by atoms with Gasteiger partial charge in [0.2, 0.25) is 0 Å². The first-order valence-corrected chi connectivity index (χ1v) is 7.35. The van der Waals surface area contributed by atoms with Crippen molar-refractivity contribution < 1.29 is 0 Å². The number of hydrogen-bond donors (Lipinski definition) is 1. The van der Waals surface area contributed by atoms with E-state index in [1.165, 1.54) is 16.7 Å². The molecule has 1 unspecified atom stereocenters. The topological polar surface area (TPSA) is 26.0 Å². The summed E-state index contributed by atoms with van der Waals surface area (Å²) in [5, 5.41) is 0. The number of nitrogen functional groups attached to an aromatic ring is 1. The highest BCUT2D eigenvalue weighted by molar-refractivity contribution is 5.78. The van der Waals surface area contributed by atoms with Gasteiger partial charge in [0.25, 0.3) is 0 Å². The number of benzene rings is 2. The van der Waals surface area contributed by atoms with Crippen LogP contribution in [0, 0.1) is 12.8 Å². The number of rotatable bonds is 5. The second-order valence-corrected chi connectivity index (χ2v) is 5.55. The summed E-state index contributed by atoms with van der Waals surface area (Å²) in [5.41, 5.74) is 11.9. The fourth-order valence-electron chi connectivity index (χ4n) is 2.58. The van der Waals surface area contributed by atoms with E-state index in [-0.39, 0.29) is 0 Å². The third-order valence-corrected chi connectivity index (χ3v) is 3.63. The molecular formula is C20H23N. The summed E-state index contributed by atoms with van der Waals surface area (Å²) in [4.78, 5) is 0. The molecule has 0 aliphatic heterocycles. The van der Waals surface area contributed by atoms with Gasteiger partial charge in [-0.3, -0.25) is 0 Å². The van der Waals surface area contributed by atoms with Gasteiger partial charge in [0.15, 0.2) is 0 Å². The minimum absolute atomic E-state index is 0.466. The molecular weight excluding hydrogens is 254 g/mol. The fraction of sp³-hybridized carbons (Fsp3) is 0.200. The van der Waals surface area contributed by atoms with Gasteiger partial charge in [-0.15, -0.1) is 0 Å². The highest BCUT2D eigenvalue weighted by atomic mass is 14.6. The molecule has 0 heterocycles. The molecule has 2 aromatic carbocycles. The highest BCUT2D eigenvalue weighted by Gasteiger charge is 2.10. The number of anilines is 1. The maximum Gasteiger partial charge on any atom is 0.0393 e. The van der Waals surface area contributed by atoms with Gasteiger partial charge in [0.1, 0.15) is 0 Å². The Hall–Kier alpha value is -2.28. The number of para-hydroxylation sites is 1. The van der Waals surface area contributed by atoms with Crippen LogP contribution in [-0.2, 0) is 6.42 Å². The molecule has 1 atom stereocenters. The van der Waals surface area contributed by atoms with Gasteiger partial charge in [-0.2, -0.15) is 0 Å². The van der Waals surface area contributed by atoms with Crippen LogP contribution in [0.3, 0.4) is 0 Å². The summed E-state index contributed by atoms with van der Waals surface area (Å²) < 4.78 is 0. The van der Waals surface area contributed by atoms with Crippen molar-refractivity contribution in [2.45, 2.75) is 20.3 Å². The Balaban J connectivity index is 2.41. The highest BCUT2D eigenvalue weighted by Crippen LogP contribution is 2.31. The average molecular weight is 277 g/mol. The zero-order valence-corrected chi connectivity index (χ0v) is 12.8. The van der Waals surface area contributed by atoms with Crippen LogP contribution in [0.15, 0.2) is 67.3 Å². The van der Waals surface area contributed by atoms with Crippen LogP contribution in [0.2, 0.25) is 0 Å². The van der Waals surface area contributed by atoms with Gasteiger partial charge < -0.3 is 5.73 Å². The summed E-state index contributed by atoms with van der Waals surface area (Å²) in [7, 11) is 0. The van der Waals surface area contributed by atoms with Crippen LogP contribution in [0.4, 0.5) is 5.69 Å². The molecule has 2 N–H and O–H groups in total. The maximum atomic E-state index is 6.14. The first-order valence-electron chi connectivity index (χ1n) is 7.35. The quantitative estimate of drug-likeness (QED) is 0.592. The normalized spacial score (nSPS) is 12.5. The van der Waals surface area contributed by atoms with Crippen LogP contribution in [0.5, 0.6) is 0 Å². The molecule has 0 amide bonds. The second kappa shape index (κ2) is 6.94. The van der Waals surface area contributed by atoms with Crippen LogP contribution < -0.4 is 5.73 Å². The van der Waals surface area contributed by atoms with Gasteiger partial charge in [0, 0.05) is 11.3 Å². The summed E-state index contributed by atoms with van der Waals surface area (Å²) in [6, 6.07) is 14.7. The lowest BCUT2D eigenvalue weighted by atomic mass is 9.91. The van der Waals surface area contributed by atoms with E-state index in [0.29, 0.717) is 5.92 Å². The molecule has 2 rings (SSSR count). The fourth-order valence-corrected chi connectivity index (χ4v) is 2.58. The molecule has 0 spiro atoms. The zero-order chi connectivity index (χ0) is 15.2. The van der Waals surface area contributed by atoms with Gasteiger partial charge >= 0.3 is 0 Å². The Morgan fingerprint density at radius 2 is 1.90 bits per heavy atom. The minimum Gasteiger partial charge on any atom is -0.398 e. The zero-order valence-electron chi connectivity index (χ0n) is 12.8. The Morgan fingerprint density at radius 3 is 2.62 bits per heavy atom. The van der Waals surface area contributed by atoms with Crippen LogP contribution in [0.1, 0.15) is 18.1 Å². The number of nitrogens with two attached hydrogens (primary N) is 1. The third kappa shape index (κ3) is 3.85. The largest absolute Gasteiger partial charge is 0.398 e. The standard InChI is InChI=1S/C20H23N/c1-4-5-8-15(2)13-17-14-16(3)11-12-18(17)19-9-6-7-10-20(19)21/h4-12,14-15H,1,13,21H2,2-3H3/b8-5-. The van der Waals surface area contributed by atoms with E-state index in [1.807, 2.05) is 30.4 Å². The molecule has 0 bridgehead atoms. The molecule has 1 nitrogen and oxygen atoms in total. The number of aryl methyl sites for hydroxylation is 1. The molecule has 108 valence electrons. The molecule has 0 fully saturated rings. The molecule has 0 aromatic heterocycles. The average Bonchev–Trinajstić information content (AvgIpc) is 2.46. The third-order valence-electron chi connectivity index (χ3n) is 3.63. The number of hydrogen-bond acceptors (Lipinski definition) is 1. The van der Waals surface area contributed by atoms with Gasteiger partial charge in [-0.05, 0) is 36.5 Å². The molecule has 0 aliphatic rings. The van der Waals surface area contributed by atoms with E-state index in [9.17, 15) is 0 Å². The Labute approximate surface area is 127 Å². The lowest BCUT2D eigenvalue weighted by Gasteiger charge is -2.15. The van der Waals surface area contributed by atoms with E-state index < -0.39 is 0 Å². The van der Waals surface area contributed by atoms with Gasteiger partial charge in [0.05, 0.1) is 0 Å². The number of allylic oxidation sites excluding steroid dienone is 3. The Kier molecular flexibility index (Phi) is 4.99. The van der Waals surface area contributed by atoms with Crippen molar-refractivity contribution in [3.8, 4) is 11.1 Å². The van der Waals surface area contributed by atoms with Crippen molar-refractivity contribution in [3.63, 3.8) is 0 Å². The maximum absolute atomic E-state index is 6.14. The van der Waals surface area contributed by atoms with E-state index in [0.717, 1.165) is 17.7 Å². The van der Waals surface area contributed by atoms with Gasteiger partial charge in [-0.25, -0.2) is 0 Å². The van der Waals surface area contributed by atoms with E-state index in [2.05, 4.69) is 50.8 Å². The van der Waals surface area contributed by atoms with Crippen molar-refractivity contribution in [3.05, 3.63) is 78.4 Å². The molecule has 2 aromatic rings. The van der Waals surface area contributed by atoms with Crippen molar-refractivity contribution in [2.24, 2.45) is 5.92 Å². The van der Waals surface area contributed by atoms with E-state index in [4.69, 9.17) is 5.73 Å². The predicted molar refractivity (Wildman–Crippen MR) is 93.2 cm³/mol. The summed E-state index contributed by atoms with van der Waals surface area (Å²) >= 11 is 0. The molecule has 0 radical (unpaired) electrons. The molecule has 21 heavy (non-hydrogen) atoms. The van der Waals surface area contributed by atoms with Crippen molar-refractivity contribution >= 4 is 5.69 Å². The lowest BCUT2D eigenvalue weighted by Crippen LogP contribution is -2.00. The summed E-state index contributed by atoms with van der Waals surface area (Å²) in [5.74, 6) is 0.466. The van der Waals surface area contributed by atoms with Crippen LogP contribution in [0.25, 0.3) is 11.1 Å². The smallest absolute Gasteiger partial charge is 0.0393 e. The SMILES string of the molecule is C=C/C=C\C(C)Cc1cc(C)ccc1-c1ccccc1N. The summed E-state index contributed by atoms with van der Waals surface area (Å²) in [6.45, 7) is 8.08. The Morgan fingerprint density at radius 1 is 1.14 bits per heavy atom. The van der Waals surface area contributed by atoms with Gasteiger partial charge in [-0.1, -0.05) is 73.7 Å². The van der Waals surface area contributed by atoms with Crippen molar-refractivity contribution in [2.75, 3.05) is 5.73 Å².